The fourth-order valence-corrected chi connectivity index (χ4v) is 2.23. The molecule has 3 atom stereocenters. The molecule has 0 heterocycles. The molecule has 1 rings (SSSR count). The summed E-state index contributed by atoms with van der Waals surface area (Å²) < 4.78 is 0. The average molecular weight is 293 g/mol. The molecule has 1 aromatic rings. The molecule has 0 aromatic heterocycles. The first-order valence-corrected chi connectivity index (χ1v) is 7.57. The molecule has 3 unspecified atom stereocenters. The van der Waals surface area contributed by atoms with E-state index in [0.717, 1.165) is 18.4 Å². The monoisotopic (exact) mass is 293 g/mol. The number of aliphatic carboxylic acids is 1. The Kier molecular flexibility index (Phi) is 6.85. The van der Waals surface area contributed by atoms with Gasteiger partial charge in [-0.15, -0.1) is 0 Å². The number of carboxylic acids is 1. The Morgan fingerprint density at radius 1 is 1.24 bits per heavy atom. The highest BCUT2D eigenvalue weighted by Gasteiger charge is 2.23. The van der Waals surface area contributed by atoms with E-state index in [1.54, 1.807) is 13.8 Å². The number of hydrogen-bond acceptors (Lipinski definition) is 3. The summed E-state index contributed by atoms with van der Waals surface area (Å²) in [6.07, 6.45) is 2.47. The first-order chi connectivity index (χ1) is 9.83. The molecule has 0 aliphatic rings. The van der Waals surface area contributed by atoms with Crippen LogP contribution in [0.25, 0.3) is 0 Å². The second-order valence-corrected chi connectivity index (χ2v) is 6.09. The molecule has 3 N–H and O–H groups in total. The van der Waals surface area contributed by atoms with Gasteiger partial charge in [0.2, 0.25) is 0 Å². The Bertz CT molecular complexity index is 431. The van der Waals surface area contributed by atoms with Crippen LogP contribution in [0.3, 0.4) is 0 Å². The maximum absolute atomic E-state index is 10.7. The van der Waals surface area contributed by atoms with Crippen LogP contribution in [-0.2, 0) is 10.4 Å². The molecule has 0 fully saturated rings. The lowest BCUT2D eigenvalue weighted by Gasteiger charge is -2.26. The lowest BCUT2D eigenvalue weighted by molar-refractivity contribution is -0.141. The van der Waals surface area contributed by atoms with E-state index in [1.165, 1.54) is 0 Å². The average Bonchev–Trinajstić information content (AvgIpc) is 2.46. The van der Waals surface area contributed by atoms with Gasteiger partial charge in [-0.3, -0.25) is 4.79 Å². The Morgan fingerprint density at radius 2 is 1.86 bits per heavy atom. The zero-order chi connectivity index (χ0) is 15.9. The fraction of sp³-hybridized carbons (Fsp3) is 0.588. The van der Waals surface area contributed by atoms with Gasteiger partial charge in [0.05, 0.1) is 11.5 Å². The first-order valence-electron chi connectivity index (χ1n) is 7.57. The van der Waals surface area contributed by atoms with Gasteiger partial charge in [0, 0.05) is 12.6 Å². The molecule has 0 aliphatic carbocycles. The third-order valence-corrected chi connectivity index (χ3v) is 3.89. The van der Waals surface area contributed by atoms with Gasteiger partial charge in [0.25, 0.3) is 0 Å². The van der Waals surface area contributed by atoms with Crippen molar-refractivity contribution in [1.82, 2.24) is 5.32 Å². The van der Waals surface area contributed by atoms with E-state index in [1.807, 2.05) is 30.3 Å². The van der Waals surface area contributed by atoms with Crippen LogP contribution in [0.15, 0.2) is 30.3 Å². The van der Waals surface area contributed by atoms with Crippen LogP contribution in [0.5, 0.6) is 0 Å². The first kappa shape index (κ1) is 17.7. The summed E-state index contributed by atoms with van der Waals surface area (Å²) in [5.41, 5.74) is -0.00616. The number of carbonyl (C=O) groups is 1. The molecule has 118 valence electrons. The van der Waals surface area contributed by atoms with Crippen molar-refractivity contribution in [3.63, 3.8) is 0 Å². The van der Waals surface area contributed by atoms with Crippen LogP contribution in [0.4, 0.5) is 0 Å². The van der Waals surface area contributed by atoms with Crippen molar-refractivity contribution >= 4 is 5.97 Å². The summed E-state index contributed by atoms with van der Waals surface area (Å²) in [4.78, 5) is 10.7. The van der Waals surface area contributed by atoms with Gasteiger partial charge < -0.3 is 15.5 Å². The van der Waals surface area contributed by atoms with Crippen molar-refractivity contribution < 1.29 is 15.0 Å². The molecule has 21 heavy (non-hydrogen) atoms. The molecule has 0 bridgehead atoms. The summed E-state index contributed by atoms with van der Waals surface area (Å²) in [6.45, 7) is 6.08. The Hall–Kier alpha value is -1.39. The van der Waals surface area contributed by atoms with Crippen molar-refractivity contribution in [3.8, 4) is 0 Å². The predicted molar refractivity (Wildman–Crippen MR) is 84.1 cm³/mol. The van der Waals surface area contributed by atoms with Crippen LogP contribution in [0.1, 0.15) is 45.6 Å². The highest BCUT2D eigenvalue weighted by Crippen LogP contribution is 2.19. The van der Waals surface area contributed by atoms with Crippen LogP contribution >= 0.6 is 0 Å². The Balaban J connectivity index is 2.32. The second-order valence-electron chi connectivity index (χ2n) is 6.09. The van der Waals surface area contributed by atoms with Crippen LogP contribution in [0, 0.1) is 5.92 Å². The molecule has 1 aromatic carbocycles. The highest BCUT2D eigenvalue weighted by molar-refractivity contribution is 5.69. The van der Waals surface area contributed by atoms with E-state index in [9.17, 15) is 9.90 Å². The quantitative estimate of drug-likeness (QED) is 0.655. The number of carboxylic acid groups (broad SMARTS) is 1. The maximum atomic E-state index is 10.7. The molecular weight excluding hydrogens is 266 g/mol. The topological polar surface area (TPSA) is 69.6 Å². The van der Waals surface area contributed by atoms with E-state index in [-0.39, 0.29) is 12.0 Å². The van der Waals surface area contributed by atoms with Gasteiger partial charge in [0.1, 0.15) is 0 Å². The summed E-state index contributed by atoms with van der Waals surface area (Å²) in [7, 11) is 0. The van der Waals surface area contributed by atoms with Crippen molar-refractivity contribution in [2.24, 2.45) is 5.92 Å². The van der Waals surface area contributed by atoms with Crippen LogP contribution < -0.4 is 5.32 Å². The molecule has 0 spiro atoms. The molecule has 4 heteroatoms. The van der Waals surface area contributed by atoms with E-state index in [2.05, 4.69) is 12.2 Å². The SMILES string of the molecule is CC(CCCC(C)C(=O)O)NCC(C)(O)c1ccccc1. The molecular formula is C17H27NO3. The molecule has 0 aliphatic heterocycles. The maximum Gasteiger partial charge on any atom is 0.306 e. The molecule has 4 nitrogen and oxygen atoms in total. The third-order valence-electron chi connectivity index (χ3n) is 3.89. The van der Waals surface area contributed by atoms with E-state index in [0.29, 0.717) is 13.0 Å². The van der Waals surface area contributed by atoms with Gasteiger partial charge in [-0.2, -0.15) is 0 Å². The van der Waals surface area contributed by atoms with Gasteiger partial charge in [-0.25, -0.2) is 0 Å². The predicted octanol–water partition coefficient (Wildman–Crippen LogP) is 2.76. The summed E-state index contributed by atoms with van der Waals surface area (Å²) in [5.74, 6) is -1.02. The number of aliphatic hydroxyl groups is 1. The zero-order valence-electron chi connectivity index (χ0n) is 13.2. The fourth-order valence-electron chi connectivity index (χ4n) is 2.23. The van der Waals surface area contributed by atoms with Gasteiger partial charge in [-0.1, -0.05) is 43.7 Å². The van der Waals surface area contributed by atoms with Gasteiger partial charge in [-0.05, 0) is 32.3 Å². The molecule has 0 saturated heterocycles. The van der Waals surface area contributed by atoms with Crippen molar-refractivity contribution in [2.45, 2.75) is 51.7 Å². The van der Waals surface area contributed by atoms with Crippen LogP contribution in [0.2, 0.25) is 0 Å². The van der Waals surface area contributed by atoms with Crippen molar-refractivity contribution in [3.05, 3.63) is 35.9 Å². The zero-order valence-corrected chi connectivity index (χ0v) is 13.2. The van der Waals surface area contributed by atoms with Gasteiger partial charge in [0.15, 0.2) is 0 Å². The lowest BCUT2D eigenvalue weighted by atomic mass is 9.95. The number of hydrogen-bond donors (Lipinski definition) is 3. The standard InChI is InChI=1S/C17H27NO3/c1-13(16(19)20)8-7-9-14(2)18-12-17(3,21)15-10-5-4-6-11-15/h4-6,10-11,13-14,18,21H,7-9,12H2,1-3H3,(H,19,20). The number of rotatable bonds is 9. The largest absolute Gasteiger partial charge is 0.481 e. The summed E-state index contributed by atoms with van der Waals surface area (Å²) in [5, 5.41) is 22.6. The normalized spacial score (nSPS) is 17.0. The Morgan fingerprint density at radius 3 is 2.43 bits per heavy atom. The Labute approximate surface area is 127 Å². The molecule has 0 amide bonds. The molecule has 0 saturated carbocycles. The van der Waals surface area contributed by atoms with Gasteiger partial charge >= 0.3 is 5.97 Å². The molecule has 0 radical (unpaired) electrons. The minimum Gasteiger partial charge on any atom is -0.481 e. The number of nitrogens with one attached hydrogen (secondary N) is 1. The van der Waals surface area contributed by atoms with E-state index >= 15 is 0 Å². The van der Waals surface area contributed by atoms with E-state index in [4.69, 9.17) is 5.11 Å². The number of benzene rings is 1. The second kappa shape index (κ2) is 8.15. The van der Waals surface area contributed by atoms with Crippen LogP contribution in [-0.4, -0.2) is 28.8 Å². The highest BCUT2D eigenvalue weighted by atomic mass is 16.4. The van der Waals surface area contributed by atoms with E-state index < -0.39 is 11.6 Å². The lowest BCUT2D eigenvalue weighted by Crippen LogP contribution is -2.39. The summed E-state index contributed by atoms with van der Waals surface area (Å²) >= 11 is 0. The third kappa shape index (κ3) is 6.27. The summed E-state index contributed by atoms with van der Waals surface area (Å²) in [6, 6.07) is 9.85. The van der Waals surface area contributed by atoms with Crippen molar-refractivity contribution in [2.75, 3.05) is 6.54 Å². The minimum absolute atomic E-state index is 0.251. The minimum atomic E-state index is -0.899. The van der Waals surface area contributed by atoms with Crippen molar-refractivity contribution in [1.29, 1.82) is 0 Å². The smallest absolute Gasteiger partial charge is 0.306 e.